The van der Waals surface area contributed by atoms with E-state index in [1.54, 1.807) is 0 Å². The van der Waals surface area contributed by atoms with Gasteiger partial charge in [0.1, 0.15) is 11.6 Å². The van der Waals surface area contributed by atoms with Gasteiger partial charge in [-0.05, 0) is 55.4 Å². The molecule has 0 radical (unpaired) electrons. The van der Waals surface area contributed by atoms with Crippen molar-refractivity contribution in [2.24, 2.45) is 11.8 Å². The maximum atomic E-state index is 5.52. The lowest BCUT2D eigenvalue weighted by Gasteiger charge is -2.38. The topological polar surface area (TPSA) is 59.6 Å². The van der Waals surface area contributed by atoms with Crippen LogP contribution in [0.1, 0.15) is 33.1 Å². The van der Waals surface area contributed by atoms with Crippen LogP contribution in [0, 0.1) is 11.8 Å². The van der Waals surface area contributed by atoms with E-state index in [1.165, 1.54) is 24.9 Å². The summed E-state index contributed by atoms with van der Waals surface area (Å²) >= 11 is 5.52. The highest BCUT2D eigenvalue weighted by Gasteiger charge is 2.26. The van der Waals surface area contributed by atoms with Gasteiger partial charge in [-0.1, -0.05) is 32.0 Å². The number of piperidine rings is 1. The maximum absolute atomic E-state index is 5.52. The van der Waals surface area contributed by atoms with Crippen molar-refractivity contribution in [3.05, 3.63) is 36.4 Å². The Labute approximate surface area is 202 Å². The van der Waals surface area contributed by atoms with Crippen LogP contribution in [0.15, 0.2) is 36.4 Å². The van der Waals surface area contributed by atoms with E-state index in [9.17, 15) is 0 Å². The molecule has 7 nitrogen and oxygen atoms in total. The molecule has 3 fully saturated rings. The van der Waals surface area contributed by atoms with Crippen molar-refractivity contribution in [2.45, 2.75) is 39.2 Å². The second kappa shape index (κ2) is 9.71. The summed E-state index contributed by atoms with van der Waals surface area (Å²) in [6.07, 6.45) is 3.64. The summed E-state index contributed by atoms with van der Waals surface area (Å²) in [6, 6.07) is 13.3. The van der Waals surface area contributed by atoms with Gasteiger partial charge in [-0.15, -0.1) is 0 Å². The number of anilines is 4. The lowest BCUT2D eigenvalue weighted by molar-refractivity contribution is 0.355. The lowest BCUT2D eigenvalue weighted by Crippen LogP contribution is -2.47. The van der Waals surface area contributed by atoms with Crippen LogP contribution in [0.4, 0.5) is 23.3 Å². The van der Waals surface area contributed by atoms with E-state index in [0.717, 1.165) is 50.9 Å². The monoisotopic (exact) mass is 465 g/mol. The second-order valence-electron chi connectivity index (χ2n) is 9.94. The minimum absolute atomic E-state index is 0.502. The normalized spacial score (nSPS) is 23.4. The van der Waals surface area contributed by atoms with Crippen LogP contribution in [0.25, 0.3) is 0 Å². The molecule has 0 unspecified atom stereocenters. The van der Waals surface area contributed by atoms with Crippen LogP contribution in [0.2, 0.25) is 0 Å². The summed E-state index contributed by atoms with van der Waals surface area (Å²) in [5.74, 6) is 3.90. The molecule has 5 rings (SSSR count). The van der Waals surface area contributed by atoms with Gasteiger partial charge in [0.15, 0.2) is 5.11 Å². The minimum atomic E-state index is 0.502. The average Bonchev–Trinajstić information content (AvgIpc) is 3.63. The highest BCUT2D eigenvalue weighted by molar-refractivity contribution is 7.80. The first kappa shape index (κ1) is 22.2. The van der Waals surface area contributed by atoms with E-state index >= 15 is 0 Å². The number of para-hydroxylation sites is 1. The summed E-state index contributed by atoms with van der Waals surface area (Å²) in [5.41, 5.74) is 1.29. The van der Waals surface area contributed by atoms with Gasteiger partial charge in [0.05, 0.1) is 0 Å². The summed E-state index contributed by atoms with van der Waals surface area (Å²) < 4.78 is 0. The third kappa shape index (κ3) is 5.66. The SMILES string of the molecule is C[C@H]1C[C@H](C)CN(c2cc(N3CCN(c4ccccc4)CC3)nc(NC(=S)NC3CC3)n2)C1. The van der Waals surface area contributed by atoms with Crippen molar-refractivity contribution in [2.75, 3.05) is 59.3 Å². The third-order valence-corrected chi connectivity index (χ3v) is 6.97. The number of rotatable bonds is 5. The zero-order valence-corrected chi connectivity index (χ0v) is 20.5. The number of nitrogens with zero attached hydrogens (tertiary/aromatic N) is 5. The first-order chi connectivity index (χ1) is 16.0. The Balaban J connectivity index is 1.35. The zero-order valence-electron chi connectivity index (χ0n) is 19.7. The molecule has 2 atom stereocenters. The molecule has 0 spiro atoms. The number of aromatic nitrogens is 2. The third-order valence-electron chi connectivity index (χ3n) is 6.75. The van der Waals surface area contributed by atoms with Crippen molar-refractivity contribution in [3.8, 4) is 0 Å². The van der Waals surface area contributed by atoms with Gasteiger partial charge in [-0.2, -0.15) is 9.97 Å². The fraction of sp³-hybridized carbons (Fsp3) is 0.560. The van der Waals surface area contributed by atoms with Crippen LogP contribution in [0.5, 0.6) is 0 Å². The van der Waals surface area contributed by atoms with E-state index in [-0.39, 0.29) is 0 Å². The number of hydrogen-bond acceptors (Lipinski definition) is 6. The van der Waals surface area contributed by atoms with Gasteiger partial charge in [-0.3, -0.25) is 0 Å². The van der Waals surface area contributed by atoms with E-state index in [0.29, 0.717) is 28.9 Å². The molecule has 33 heavy (non-hydrogen) atoms. The van der Waals surface area contributed by atoms with Crippen LogP contribution in [0.3, 0.4) is 0 Å². The number of hydrogen-bond donors (Lipinski definition) is 2. The zero-order chi connectivity index (χ0) is 22.8. The van der Waals surface area contributed by atoms with Crippen molar-refractivity contribution in [3.63, 3.8) is 0 Å². The minimum Gasteiger partial charge on any atom is -0.368 e. The van der Waals surface area contributed by atoms with Gasteiger partial charge in [0.25, 0.3) is 0 Å². The first-order valence-electron chi connectivity index (χ1n) is 12.3. The molecule has 2 saturated heterocycles. The maximum Gasteiger partial charge on any atom is 0.232 e. The van der Waals surface area contributed by atoms with E-state index < -0.39 is 0 Å². The highest BCUT2D eigenvalue weighted by atomic mass is 32.1. The molecular formula is C25H35N7S. The Bertz CT molecular complexity index is 946. The Kier molecular flexibility index (Phi) is 6.53. The number of nitrogens with one attached hydrogen (secondary N) is 2. The quantitative estimate of drug-likeness (QED) is 0.648. The lowest BCUT2D eigenvalue weighted by atomic mass is 9.92. The Morgan fingerprint density at radius 1 is 0.879 bits per heavy atom. The number of benzene rings is 1. The molecule has 1 aliphatic carbocycles. The van der Waals surface area contributed by atoms with E-state index in [2.05, 4.69) is 75.6 Å². The van der Waals surface area contributed by atoms with Crippen LogP contribution in [-0.4, -0.2) is 60.4 Å². The molecular weight excluding hydrogens is 430 g/mol. The molecule has 2 aliphatic heterocycles. The van der Waals surface area contributed by atoms with Gasteiger partial charge < -0.3 is 25.3 Å². The predicted molar refractivity (Wildman–Crippen MR) is 140 cm³/mol. The molecule has 3 heterocycles. The van der Waals surface area contributed by atoms with E-state index in [1.807, 2.05) is 0 Å². The molecule has 0 bridgehead atoms. The Morgan fingerprint density at radius 2 is 1.48 bits per heavy atom. The second-order valence-corrected chi connectivity index (χ2v) is 10.3. The molecule has 1 aromatic carbocycles. The molecule has 2 N–H and O–H groups in total. The molecule has 176 valence electrons. The Morgan fingerprint density at radius 3 is 2.12 bits per heavy atom. The van der Waals surface area contributed by atoms with Crippen LogP contribution < -0.4 is 25.3 Å². The van der Waals surface area contributed by atoms with Gasteiger partial charge in [0.2, 0.25) is 5.95 Å². The predicted octanol–water partition coefficient (Wildman–Crippen LogP) is 3.73. The standard InChI is InChI=1S/C25H35N7S/c1-18-14-19(2)17-32(16-18)23-15-22(27-24(28-23)29-25(33)26-20-8-9-20)31-12-10-30(11-13-31)21-6-4-3-5-7-21/h3-7,15,18-20H,8-14,16-17H2,1-2H3,(H2,26,27,28,29,33)/t18-,19-/m0/s1. The summed E-state index contributed by atoms with van der Waals surface area (Å²) in [6.45, 7) is 10.6. The first-order valence-corrected chi connectivity index (χ1v) is 12.7. The molecule has 1 aromatic heterocycles. The fourth-order valence-corrected chi connectivity index (χ4v) is 5.29. The summed E-state index contributed by atoms with van der Waals surface area (Å²) in [5, 5.41) is 7.23. The molecule has 1 saturated carbocycles. The van der Waals surface area contributed by atoms with Gasteiger partial charge >= 0.3 is 0 Å². The van der Waals surface area contributed by atoms with Crippen molar-refractivity contribution in [1.82, 2.24) is 15.3 Å². The smallest absolute Gasteiger partial charge is 0.232 e. The van der Waals surface area contributed by atoms with Crippen molar-refractivity contribution < 1.29 is 0 Å². The van der Waals surface area contributed by atoms with Gasteiger partial charge in [-0.25, -0.2) is 0 Å². The molecule has 8 heteroatoms. The Hall–Kier alpha value is -2.61. The molecule has 2 aromatic rings. The average molecular weight is 466 g/mol. The van der Waals surface area contributed by atoms with Crippen molar-refractivity contribution >= 4 is 40.6 Å². The van der Waals surface area contributed by atoms with Crippen LogP contribution in [-0.2, 0) is 0 Å². The fourth-order valence-electron chi connectivity index (χ4n) is 5.04. The number of piperazine rings is 1. The van der Waals surface area contributed by atoms with Crippen molar-refractivity contribution in [1.29, 1.82) is 0 Å². The van der Waals surface area contributed by atoms with Gasteiger partial charge in [0, 0.05) is 57.1 Å². The summed E-state index contributed by atoms with van der Waals surface area (Å²) in [4.78, 5) is 17.0. The summed E-state index contributed by atoms with van der Waals surface area (Å²) in [7, 11) is 0. The number of thiocarbonyl (C=S) groups is 1. The largest absolute Gasteiger partial charge is 0.368 e. The van der Waals surface area contributed by atoms with E-state index in [4.69, 9.17) is 22.2 Å². The molecule has 0 amide bonds. The van der Waals surface area contributed by atoms with Crippen LogP contribution >= 0.6 is 12.2 Å². The highest BCUT2D eigenvalue weighted by Crippen LogP contribution is 2.29. The molecule has 3 aliphatic rings.